The van der Waals surface area contributed by atoms with Gasteiger partial charge in [0.15, 0.2) is 0 Å². The van der Waals surface area contributed by atoms with E-state index < -0.39 is 10.0 Å². The number of piperidine rings is 1. The van der Waals surface area contributed by atoms with E-state index in [1.165, 1.54) is 17.5 Å². The first kappa shape index (κ1) is 15.8. The molecule has 0 spiro atoms. The van der Waals surface area contributed by atoms with Gasteiger partial charge in [0.2, 0.25) is 10.0 Å². The number of methoxy groups -OCH3 is 1. The van der Waals surface area contributed by atoms with Gasteiger partial charge in [-0.2, -0.15) is 4.31 Å². The Hall–Kier alpha value is -1.07. The van der Waals surface area contributed by atoms with Crippen molar-refractivity contribution in [3.05, 3.63) is 23.3 Å². The predicted molar refractivity (Wildman–Crippen MR) is 86.8 cm³/mol. The van der Waals surface area contributed by atoms with E-state index in [9.17, 15) is 8.42 Å². The van der Waals surface area contributed by atoms with Crippen molar-refractivity contribution in [1.29, 1.82) is 0 Å². The molecule has 1 atom stereocenters. The van der Waals surface area contributed by atoms with Crippen LogP contribution in [0, 0.1) is 5.92 Å². The maximum atomic E-state index is 13.0. The molecule has 0 unspecified atom stereocenters. The van der Waals surface area contributed by atoms with E-state index in [1.807, 2.05) is 12.1 Å². The molecule has 1 saturated heterocycles. The average molecular weight is 323 g/mol. The van der Waals surface area contributed by atoms with E-state index in [2.05, 4.69) is 6.92 Å². The van der Waals surface area contributed by atoms with Gasteiger partial charge in [-0.1, -0.05) is 6.92 Å². The smallest absolute Gasteiger partial charge is 0.246 e. The highest BCUT2D eigenvalue weighted by molar-refractivity contribution is 7.89. The molecule has 1 heterocycles. The fourth-order valence-electron chi connectivity index (χ4n) is 3.61. The lowest BCUT2D eigenvalue weighted by Crippen LogP contribution is -2.39. The first-order chi connectivity index (χ1) is 10.5. The zero-order valence-electron chi connectivity index (χ0n) is 13.5. The zero-order valence-corrected chi connectivity index (χ0v) is 14.3. The molecule has 4 nitrogen and oxygen atoms in total. The van der Waals surface area contributed by atoms with Gasteiger partial charge < -0.3 is 4.74 Å². The van der Waals surface area contributed by atoms with Gasteiger partial charge in [-0.3, -0.25) is 0 Å². The predicted octanol–water partition coefficient (Wildman–Crippen LogP) is 2.99. The monoisotopic (exact) mass is 323 g/mol. The number of ether oxygens (including phenoxy) is 1. The molecular formula is C17H25NO3S. The Kier molecular flexibility index (Phi) is 4.46. The fraction of sp³-hybridized carbons (Fsp3) is 0.647. The first-order valence-electron chi connectivity index (χ1n) is 8.22. The van der Waals surface area contributed by atoms with Crippen molar-refractivity contribution >= 4 is 10.0 Å². The van der Waals surface area contributed by atoms with Crippen LogP contribution in [-0.2, 0) is 22.9 Å². The quantitative estimate of drug-likeness (QED) is 0.859. The van der Waals surface area contributed by atoms with Gasteiger partial charge in [-0.15, -0.1) is 0 Å². The van der Waals surface area contributed by atoms with Gasteiger partial charge in [0.1, 0.15) is 10.6 Å². The number of hydrogen-bond donors (Lipinski definition) is 0. The summed E-state index contributed by atoms with van der Waals surface area (Å²) >= 11 is 0. The molecule has 1 fully saturated rings. The van der Waals surface area contributed by atoms with E-state index >= 15 is 0 Å². The third kappa shape index (κ3) is 2.88. The Labute approximate surface area is 133 Å². The van der Waals surface area contributed by atoms with Crippen LogP contribution in [0.3, 0.4) is 0 Å². The zero-order chi connectivity index (χ0) is 15.7. The van der Waals surface area contributed by atoms with Gasteiger partial charge in [0, 0.05) is 13.1 Å². The molecule has 2 aliphatic rings. The number of nitrogens with zero attached hydrogens (tertiary/aromatic N) is 1. The second-order valence-electron chi connectivity index (χ2n) is 6.59. The molecule has 0 N–H and O–H groups in total. The van der Waals surface area contributed by atoms with E-state index in [1.54, 1.807) is 11.4 Å². The molecule has 0 bridgehead atoms. The molecule has 0 aromatic heterocycles. The van der Waals surface area contributed by atoms with Crippen LogP contribution >= 0.6 is 0 Å². The summed E-state index contributed by atoms with van der Waals surface area (Å²) < 4.78 is 33.1. The Morgan fingerprint density at radius 2 is 1.82 bits per heavy atom. The van der Waals surface area contributed by atoms with E-state index in [0.717, 1.165) is 32.1 Å². The second-order valence-corrected chi connectivity index (χ2v) is 8.50. The van der Waals surface area contributed by atoms with Gasteiger partial charge in [0.25, 0.3) is 0 Å². The molecule has 1 aliphatic heterocycles. The van der Waals surface area contributed by atoms with Gasteiger partial charge in [0.05, 0.1) is 7.11 Å². The van der Waals surface area contributed by atoms with Gasteiger partial charge >= 0.3 is 0 Å². The number of aryl methyl sites for hydroxylation is 2. The minimum Gasteiger partial charge on any atom is -0.495 e. The van der Waals surface area contributed by atoms with Crippen molar-refractivity contribution in [2.45, 2.75) is 50.3 Å². The van der Waals surface area contributed by atoms with Crippen molar-refractivity contribution in [2.75, 3.05) is 20.2 Å². The van der Waals surface area contributed by atoms with Crippen molar-refractivity contribution in [3.63, 3.8) is 0 Å². The Bertz CT molecular complexity index is 654. The average Bonchev–Trinajstić information content (AvgIpc) is 2.53. The Balaban J connectivity index is 2.02. The largest absolute Gasteiger partial charge is 0.495 e. The molecule has 3 rings (SSSR count). The Morgan fingerprint density at radius 1 is 1.14 bits per heavy atom. The number of fused-ring (bicyclic) bond motifs is 1. The maximum Gasteiger partial charge on any atom is 0.246 e. The third-order valence-corrected chi connectivity index (χ3v) is 6.75. The fourth-order valence-corrected chi connectivity index (χ4v) is 5.39. The van der Waals surface area contributed by atoms with E-state index in [-0.39, 0.29) is 0 Å². The van der Waals surface area contributed by atoms with Crippen LogP contribution < -0.4 is 4.74 Å². The summed E-state index contributed by atoms with van der Waals surface area (Å²) in [7, 11) is -1.90. The molecular weight excluding hydrogens is 298 g/mol. The van der Waals surface area contributed by atoms with Crippen LogP contribution in [0.25, 0.3) is 0 Å². The van der Waals surface area contributed by atoms with Crippen molar-refractivity contribution < 1.29 is 13.2 Å². The van der Waals surface area contributed by atoms with Crippen LogP contribution in [0.2, 0.25) is 0 Å². The minimum atomic E-state index is -3.46. The lowest BCUT2D eigenvalue weighted by atomic mass is 9.92. The van der Waals surface area contributed by atoms with Crippen molar-refractivity contribution in [3.8, 4) is 5.75 Å². The lowest BCUT2D eigenvalue weighted by molar-refractivity contribution is 0.280. The summed E-state index contributed by atoms with van der Waals surface area (Å²) in [6, 6.07) is 3.80. The molecule has 0 amide bonds. The molecule has 1 aliphatic carbocycles. The molecule has 1 aromatic carbocycles. The van der Waals surface area contributed by atoms with Crippen LogP contribution in [0.5, 0.6) is 5.75 Å². The summed E-state index contributed by atoms with van der Waals surface area (Å²) in [6.07, 6.45) is 6.34. The van der Waals surface area contributed by atoms with Crippen molar-refractivity contribution in [1.82, 2.24) is 4.31 Å². The van der Waals surface area contributed by atoms with Crippen LogP contribution in [0.1, 0.15) is 43.7 Å². The summed E-state index contributed by atoms with van der Waals surface area (Å²) in [5.74, 6) is 0.922. The maximum absolute atomic E-state index is 13.0. The number of hydrogen-bond acceptors (Lipinski definition) is 3. The van der Waals surface area contributed by atoms with Gasteiger partial charge in [-0.25, -0.2) is 8.42 Å². The molecule has 1 aromatic rings. The minimum absolute atomic E-state index is 0.352. The molecule has 0 saturated carbocycles. The van der Waals surface area contributed by atoms with E-state index in [4.69, 9.17) is 4.74 Å². The second kappa shape index (κ2) is 6.20. The molecule has 0 radical (unpaired) electrons. The number of benzene rings is 1. The highest BCUT2D eigenvalue weighted by Gasteiger charge is 2.32. The lowest BCUT2D eigenvalue weighted by Gasteiger charge is -2.31. The van der Waals surface area contributed by atoms with Gasteiger partial charge in [-0.05, 0) is 67.7 Å². The number of rotatable bonds is 3. The topological polar surface area (TPSA) is 46.6 Å². The SMILES string of the molecule is COc1cc2c(cc1S(=O)(=O)N1CCC[C@@H](C)C1)CCCC2. The summed E-state index contributed by atoms with van der Waals surface area (Å²) in [6.45, 7) is 3.35. The molecule has 22 heavy (non-hydrogen) atoms. The molecule has 122 valence electrons. The first-order valence-corrected chi connectivity index (χ1v) is 9.66. The highest BCUT2D eigenvalue weighted by atomic mass is 32.2. The number of sulfonamides is 1. The summed E-state index contributed by atoms with van der Waals surface area (Å²) in [5.41, 5.74) is 2.42. The third-order valence-electron chi connectivity index (χ3n) is 4.87. The van der Waals surface area contributed by atoms with Crippen LogP contribution in [0.15, 0.2) is 17.0 Å². The van der Waals surface area contributed by atoms with E-state index in [0.29, 0.717) is 29.7 Å². The van der Waals surface area contributed by atoms with Crippen molar-refractivity contribution in [2.24, 2.45) is 5.92 Å². The summed E-state index contributed by atoms with van der Waals surface area (Å²) in [4.78, 5) is 0.352. The standard InChI is InChI=1S/C17H25NO3S/c1-13-6-5-9-18(12-13)22(19,20)17-11-15-8-4-3-7-14(15)10-16(17)21-2/h10-11,13H,3-9,12H2,1-2H3/t13-/m1/s1. The van der Waals surface area contributed by atoms with Crippen LogP contribution in [0.4, 0.5) is 0 Å². The normalized spacial score (nSPS) is 23.1. The summed E-state index contributed by atoms with van der Waals surface area (Å²) in [5, 5.41) is 0. The highest BCUT2D eigenvalue weighted by Crippen LogP contribution is 2.34. The van der Waals surface area contributed by atoms with Crippen LogP contribution in [-0.4, -0.2) is 32.9 Å². The Morgan fingerprint density at radius 3 is 2.45 bits per heavy atom. The molecule has 5 heteroatoms.